The lowest BCUT2D eigenvalue weighted by molar-refractivity contribution is -0.108. The predicted octanol–water partition coefficient (Wildman–Crippen LogP) is 1.59. The van der Waals surface area contributed by atoms with E-state index in [1.54, 1.807) is 18.3 Å². The number of hydrogen-bond acceptors (Lipinski definition) is 2. The van der Waals surface area contributed by atoms with Crippen LogP contribution in [0.3, 0.4) is 0 Å². The second-order valence-electron chi connectivity index (χ2n) is 3.12. The van der Waals surface area contributed by atoms with Gasteiger partial charge in [0.15, 0.2) is 5.88 Å². The van der Waals surface area contributed by atoms with Crippen LogP contribution in [0.4, 0.5) is 0 Å². The minimum absolute atomic E-state index is 0.150. The van der Waals surface area contributed by atoms with E-state index in [1.165, 1.54) is 0 Å². The van der Waals surface area contributed by atoms with Gasteiger partial charge in [-0.1, -0.05) is 12.1 Å². The Hall–Kier alpha value is -2.23. The molecule has 2 rings (SSSR count). The molecule has 0 radical (unpaired) electrons. The number of aromatic hydroxyl groups is 1. The number of aromatic amines is 1. The molecular weight excluding hydrogens is 192 g/mol. The molecule has 0 spiro atoms. The topological polar surface area (TPSA) is 65.1 Å². The van der Waals surface area contributed by atoms with Crippen molar-refractivity contribution in [1.82, 2.24) is 10.3 Å². The van der Waals surface area contributed by atoms with E-state index >= 15 is 0 Å². The Balaban J connectivity index is 2.33. The third kappa shape index (κ3) is 1.99. The maximum Gasteiger partial charge on any atom is 0.211 e. The fourth-order valence-corrected chi connectivity index (χ4v) is 1.42. The van der Waals surface area contributed by atoms with E-state index in [1.807, 2.05) is 18.2 Å². The summed E-state index contributed by atoms with van der Waals surface area (Å²) in [5, 5.41) is 12.6. The Labute approximate surface area is 86.2 Å². The Bertz CT molecular complexity index is 514. The first-order valence-electron chi connectivity index (χ1n) is 4.47. The lowest BCUT2D eigenvalue weighted by Gasteiger charge is -1.93. The summed E-state index contributed by atoms with van der Waals surface area (Å²) in [7, 11) is 0. The van der Waals surface area contributed by atoms with Crippen LogP contribution >= 0.6 is 0 Å². The van der Waals surface area contributed by atoms with Gasteiger partial charge in [0.2, 0.25) is 6.41 Å². The van der Waals surface area contributed by atoms with Crippen molar-refractivity contribution < 1.29 is 9.90 Å². The largest absolute Gasteiger partial charge is 0.495 e. The SMILES string of the molecule is O=CNC=Cc1ccc2cc(O)[nH]c2c1. The minimum atomic E-state index is 0.150. The monoisotopic (exact) mass is 202 g/mol. The van der Waals surface area contributed by atoms with Crippen molar-refractivity contribution in [2.24, 2.45) is 0 Å². The Morgan fingerprint density at radius 2 is 2.20 bits per heavy atom. The van der Waals surface area contributed by atoms with Gasteiger partial charge in [0.05, 0.1) is 0 Å². The fourth-order valence-electron chi connectivity index (χ4n) is 1.42. The number of fused-ring (bicyclic) bond motifs is 1. The van der Waals surface area contributed by atoms with E-state index in [0.717, 1.165) is 16.5 Å². The highest BCUT2D eigenvalue weighted by molar-refractivity contribution is 5.83. The molecule has 0 saturated carbocycles. The normalized spacial score (nSPS) is 10.9. The first-order chi connectivity index (χ1) is 7.29. The predicted molar refractivity (Wildman–Crippen MR) is 58.2 cm³/mol. The van der Waals surface area contributed by atoms with Gasteiger partial charge in [-0.05, 0) is 17.7 Å². The molecule has 0 aliphatic carbocycles. The summed E-state index contributed by atoms with van der Waals surface area (Å²) in [5.41, 5.74) is 1.81. The van der Waals surface area contributed by atoms with Crippen LogP contribution < -0.4 is 5.32 Å². The molecule has 0 atom stereocenters. The van der Waals surface area contributed by atoms with Crippen LogP contribution in [0.15, 0.2) is 30.5 Å². The summed E-state index contributed by atoms with van der Waals surface area (Å²) in [5.74, 6) is 0.150. The van der Waals surface area contributed by atoms with Crippen LogP contribution in [0, 0.1) is 0 Å². The zero-order chi connectivity index (χ0) is 10.7. The van der Waals surface area contributed by atoms with Gasteiger partial charge < -0.3 is 15.4 Å². The van der Waals surface area contributed by atoms with Crippen molar-refractivity contribution >= 4 is 23.4 Å². The Morgan fingerprint density at radius 1 is 1.33 bits per heavy atom. The average Bonchev–Trinajstić information content (AvgIpc) is 2.57. The van der Waals surface area contributed by atoms with Crippen LogP contribution in [0.5, 0.6) is 5.88 Å². The zero-order valence-corrected chi connectivity index (χ0v) is 7.90. The Morgan fingerprint density at radius 3 is 3.00 bits per heavy atom. The van der Waals surface area contributed by atoms with Gasteiger partial charge in [-0.3, -0.25) is 4.79 Å². The van der Waals surface area contributed by atoms with E-state index in [9.17, 15) is 9.90 Å². The number of H-pyrrole nitrogens is 1. The van der Waals surface area contributed by atoms with Crippen molar-refractivity contribution in [3.8, 4) is 5.88 Å². The molecule has 15 heavy (non-hydrogen) atoms. The molecule has 2 aromatic rings. The highest BCUT2D eigenvalue weighted by Gasteiger charge is 1.98. The first kappa shape index (κ1) is 9.33. The van der Waals surface area contributed by atoms with Crippen molar-refractivity contribution in [2.45, 2.75) is 0 Å². The van der Waals surface area contributed by atoms with E-state index in [0.29, 0.717) is 6.41 Å². The van der Waals surface area contributed by atoms with Gasteiger partial charge in [-0.2, -0.15) is 0 Å². The number of benzene rings is 1. The van der Waals surface area contributed by atoms with Crippen LogP contribution in [0.1, 0.15) is 5.56 Å². The summed E-state index contributed by atoms with van der Waals surface area (Å²) < 4.78 is 0. The van der Waals surface area contributed by atoms with Gasteiger partial charge in [-0.25, -0.2) is 0 Å². The molecule has 1 aromatic carbocycles. The number of amides is 1. The molecule has 1 aromatic heterocycles. The molecule has 0 saturated heterocycles. The molecule has 0 aliphatic heterocycles. The van der Waals surface area contributed by atoms with Crippen molar-refractivity contribution in [3.05, 3.63) is 36.0 Å². The molecule has 4 heteroatoms. The summed E-state index contributed by atoms with van der Waals surface area (Å²) in [6.07, 6.45) is 3.93. The second-order valence-corrected chi connectivity index (χ2v) is 3.12. The van der Waals surface area contributed by atoms with E-state index in [2.05, 4.69) is 10.3 Å². The molecule has 0 aliphatic rings. The smallest absolute Gasteiger partial charge is 0.211 e. The first-order valence-corrected chi connectivity index (χ1v) is 4.47. The standard InChI is InChI=1S/C11H10N2O2/c14-7-12-4-3-8-1-2-9-6-11(15)13-10(9)5-8/h1-7,13,15H,(H,12,14). The van der Waals surface area contributed by atoms with Crippen LogP contribution in [0.25, 0.3) is 17.0 Å². The molecule has 3 N–H and O–H groups in total. The van der Waals surface area contributed by atoms with Gasteiger partial charge in [-0.15, -0.1) is 0 Å². The fraction of sp³-hybridized carbons (Fsp3) is 0. The molecular formula is C11H10N2O2. The van der Waals surface area contributed by atoms with Gasteiger partial charge >= 0.3 is 0 Å². The maximum absolute atomic E-state index is 10.0. The highest BCUT2D eigenvalue weighted by Crippen LogP contribution is 2.20. The summed E-state index contributed by atoms with van der Waals surface area (Å²) in [6, 6.07) is 7.34. The number of aromatic nitrogens is 1. The van der Waals surface area contributed by atoms with Gasteiger partial charge in [0, 0.05) is 23.2 Å². The van der Waals surface area contributed by atoms with Crippen LogP contribution in [-0.4, -0.2) is 16.5 Å². The number of carbonyl (C=O) groups excluding carboxylic acids is 1. The number of rotatable bonds is 3. The lowest BCUT2D eigenvalue weighted by Crippen LogP contribution is -1.97. The van der Waals surface area contributed by atoms with E-state index in [-0.39, 0.29) is 5.88 Å². The zero-order valence-electron chi connectivity index (χ0n) is 7.90. The van der Waals surface area contributed by atoms with Gasteiger partial charge in [0.1, 0.15) is 0 Å². The second kappa shape index (κ2) is 3.88. The van der Waals surface area contributed by atoms with Crippen molar-refractivity contribution in [1.29, 1.82) is 0 Å². The number of nitrogens with one attached hydrogen (secondary N) is 2. The highest BCUT2D eigenvalue weighted by atomic mass is 16.3. The maximum atomic E-state index is 10.0. The molecule has 0 fully saturated rings. The quantitative estimate of drug-likeness (QED) is 0.662. The lowest BCUT2D eigenvalue weighted by atomic mass is 10.1. The molecule has 0 bridgehead atoms. The molecule has 1 amide bonds. The molecule has 76 valence electrons. The Kier molecular flexibility index (Phi) is 2.41. The number of carbonyl (C=O) groups is 1. The van der Waals surface area contributed by atoms with E-state index in [4.69, 9.17) is 0 Å². The molecule has 0 unspecified atom stereocenters. The summed E-state index contributed by atoms with van der Waals surface area (Å²) in [4.78, 5) is 12.8. The van der Waals surface area contributed by atoms with Crippen molar-refractivity contribution in [3.63, 3.8) is 0 Å². The molecule has 4 nitrogen and oxygen atoms in total. The van der Waals surface area contributed by atoms with Crippen LogP contribution in [0.2, 0.25) is 0 Å². The van der Waals surface area contributed by atoms with Crippen molar-refractivity contribution in [2.75, 3.05) is 0 Å². The average molecular weight is 202 g/mol. The third-order valence-corrected chi connectivity index (χ3v) is 2.07. The van der Waals surface area contributed by atoms with E-state index < -0.39 is 0 Å². The van der Waals surface area contributed by atoms with Crippen LogP contribution in [-0.2, 0) is 4.79 Å². The summed E-state index contributed by atoms with van der Waals surface area (Å²) >= 11 is 0. The minimum Gasteiger partial charge on any atom is -0.495 e. The van der Waals surface area contributed by atoms with Gasteiger partial charge in [0.25, 0.3) is 0 Å². The third-order valence-electron chi connectivity index (χ3n) is 2.07. The number of hydrogen-bond donors (Lipinski definition) is 3. The summed E-state index contributed by atoms with van der Waals surface area (Å²) in [6.45, 7) is 0. The molecule has 1 heterocycles.